The fourth-order valence-corrected chi connectivity index (χ4v) is 2.65. The van der Waals surface area contributed by atoms with E-state index in [0.29, 0.717) is 11.5 Å². The number of aldehydes is 1. The molecular formula is C13H13NO2. The Labute approximate surface area is 94.1 Å². The lowest BCUT2D eigenvalue weighted by Gasteiger charge is -2.46. The zero-order valence-corrected chi connectivity index (χ0v) is 8.93. The highest BCUT2D eigenvalue weighted by Crippen LogP contribution is 2.41. The van der Waals surface area contributed by atoms with Crippen LogP contribution < -0.4 is 4.90 Å². The predicted octanol–water partition coefficient (Wildman–Crippen LogP) is 1.87. The second-order valence-corrected chi connectivity index (χ2v) is 4.70. The summed E-state index contributed by atoms with van der Waals surface area (Å²) in [7, 11) is 0. The Kier molecular flexibility index (Phi) is 2.06. The number of anilines is 1. The lowest BCUT2D eigenvalue weighted by atomic mass is 9.70. The topological polar surface area (TPSA) is 37.4 Å². The van der Waals surface area contributed by atoms with Crippen LogP contribution in [0.5, 0.6) is 0 Å². The van der Waals surface area contributed by atoms with Gasteiger partial charge in [-0.3, -0.25) is 9.59 Å². The molecule has 2 aliphatic heterocycles. The smallest absolute Gasteiger partial charge is 0.230 e. The third-order valence-electron chi connectivity index (χ3n) is 3.61. The maximum Gasteiger partial charge on any atom is 0.230 e. The SMILES string of the molecule is O=Cc1cccc(N2CC3CC(C3)C2=O)c1. The Balaban J connectivity index is 1.91. The van der Waals surface area contributed by atoms with Crippen molar-refractivity contribution in [2.45, 2.75) is 12.8 Å². The van der Waals surface area contributed by atoms with Crippen molar-refractivity contribution < 1.29 is 9.59 Å². The van der Waals surface area contributed by atoms with Gasteiger partial charge in [-0.2, -0.15) is 0 Å². The van der Waals surface area contributed by atoms with Crippen molar-refractivity contribution in [3.8, 4) is 0 Å². The fourth-order valence-electron chi connectivity index (χ4n) is 2.65. The molecule has 3 nitrogen and oxygen atoms in total. The minimum Gasteiger partial charge on any atom is -0.312 e. The van der Waals surface area contributed by atoms with E-state index in [1.54, 1.807) is 12.1 Å². The lowest BCUT2D eigenvalue weighted by Crippen LogP contribution is -2.53. The summed E-state index contributed by atoms with van der Waals surface area (Å²) in [5, 5.41) is 0. The molecule has 0 aromatic heterocycles. The van der Waals surface area contributed by atoms with Crippen LogP contribution in [0.3, 0.4) is 0 Å². The van der Waals surface area contributed by atoms with Crippen molar-refractivity contribution in [2.75, 3.05) is 11.4 Å². The highest BCUT2D eigenvalue weighted by Gasteiger charge is 2.43. The van der Waals surface area contributed by atoms with Crippen LogP contribution in [0, 0.1) is 11.8 Å². The van der Waals surface area contributed by atoms with Gasteiger partial charge in [0.25, 0.3) is 0 Å². The molecule has 0 spiro atoms. The van der Waals surface area contributed by atoms with E-state index >= 15 is 0 Å². The zero-order chi connectivity index (χ0) is 11.1. The number of carbonyl (C=O) groups excluding carboxylic acids is 2. The molecule has 2 saturated heterocycles. The minimum absolute atomic E-state index is 0.227. The Morgan fingerprint density at radius 1 is 1.31 bits per heavy atom. The third kappa shape index (κ3) is 1.35. The van der Waals surface area contributed by atoms with E-state index in [0.717, 1.165) is 31.4 Å². The standard InChI is InChI=1S/C13H13NO2/c15-8-9-2-1-3-12(6-9)14-7-10-4-11(5-10)13(14)16/h1-3,6,8,10-11H,4-5,7H2. The summed E-state index contributed by atoms with van der Waals surface area (Å²) in [6.45, 7) is 0.817. The predicted molar refractivity (Wildman–Crippen MR) is 60.4 cm³/mol. The number of piperidine rings is 2. The van der Waals surface area contributed by atoms with Gasteiger partial charge in [-0.05, 0) is 30.9 Å². The monoisotopic (exact) mass is 215 g/mol. The first-order valence-electron chi connectivity index (χ1n) is 5.64. The van der Waals surface area contributed by atoms with Crippen LogP contribution in [0.2, 0.25) is 0 Å². The van der Waals surface area contributed by atoms with E-state index in [9.17, 15) is 9.59 Å². The quantitative estimate of drug-likeness (QED) is 0.706. The summed E-state index contributed by atoms with van der Waals surface area (Å²) >= 11 is 0. The van der Waals surface area contributed by atoms with Crippen LogP contribution in [-0.2, 0) is 4.79 Å². The van der Waals surface area contributed by atoms with E-state index < -0.39 is 0 Å². The van der Waals surface area contributed by atoms with Gasteiger partial charge < -0.3 is 4.90 Å². The number of nitrogens with zero attached hydrogens (tertiary/aromatic N) is 1. The van der Waals surface area contributed by atoms with Crippen LogP contribution >= 0.6 is 0 Å². The van der Waals surface area contributed by atoms with Crippen molar-refractivity contribution in [2.24, 2.45) is 11.8 Å². The summed E-state index contributed by atoms with van der Waals surface area (Å²) < 4.78 is 0. The molecule has 1 saturated carbocycles. The molecule has 82 valence electrons. The average molecular weight is 215 g/mol. The number of hydrogen-bond acceptors (Lipinski definition) is 2. The molecule has 2 bridgehead atoms. The van der Waals surface area contributed by atoms with Gasteiger partial charge in [0.05, 0.1) is 0 Å². The zero-order valence-electron chi connectivity index (χ0n) is 8.93. The van der Waals surface area contributed by atoms with E-state index in [4.69, 9.17) is 0 Å². The van der Waals surface area contributed by atoms with Gasteiger partial charge in [0, 0.05) is 23.7 Å². The Hall–Kier alpha value is -1.64. The molecular weight excluding hydrogens is 202 g/mol. The lowest BCUT2D eigenvalue weighted by molar-refractivity contribution is -0.129. The van der Waals surface area contributed by atoms with Crippen LogP contribution in [0.25, 0.3) is 0 Å². The third-order valence-corrected chi connectivity index (χ3v) is 3.61. The van der Waals surface area contributed by atoms with Crippen molar-refractivity contribution in [1.82, 2.24) is 0 Å². The van der Waals surface area contributed by atoms with Crippen molar-refractivity contribution >= 4 is 17.9 Å². The van der Waals surface area contributed by atoms with Gasteiger partial charge >= 0.3 is 0 Å². The molecule has 2 heterocycles. The first-order valence-corrected chi connectivity index (χ1v) is 5.64. The first-order chi connectivity index (χ1) is 7.78. The van der Waals surface area contributed by atoms with E-state index in [1.165, 1.54) is 0 Å². The minimum atomic E-state index is 0.227. The molecule has 1 amide bonds. The number of carbonyl (C=O) groups is 2. The van der Waals surface area contributed by atoms with Crippen molar-refractivity contribution in [1.29, 1.82) is 0 Å². The van der Waals surface area contributed by atoms with E-state index in [1.807, 2.05) is 17.0 Å². The first kappa shape index (κ1) is 9.58. The Morgan fingerprint density at radius 2 is 2.12 bits per heavy atom. The molecule has 0 unspecified atom stereocenters. The Morgan fingerprint density at radius 3 is 2.81 bits per heavy atom. The second-order valence-electron chi connectivity index (χ2n) is 4.70. The molecule has 0 N–H and O–H groups in total. The molecule has 1 aromatic rings. The summed E-state index contributed by atoms with van der Waals surface area (Å²) in [5.41, 5.74) is 1.49. The summed E-state index contributed by atoms with van der Waals surface area (Å²) in [6, 6.07) is 7.27. The second kappa shape index (κ2) is 3.44. The Bertz CT molecular complexity index is 449. The van der Waals surface area contributed by atoms with Gasteiger partial charge in [0.2, 0.25) is 5.91 Å². The maximum atomic E-state index is 12.0. The molecule has 1 aliphatic carbocycles. The number of benzene rings is 1. The number of hydrogen-bond donors (Lipinski definition) is 0. The van der Waals surface area contributed by atoms with Crippen LogP contribution in [0.15, 0.2) is 24.3 Å². The molecule has 3 aliphatic rings. The van der Waals surface area contributed by atoms with Crippen molar-refractivity contribution in [3.05, 3.63) is 29.8 Å². The fraction of sp³-hybridized carbons (Fsp3) is 0.385. The summed E-state index contributed by atoms with van der Waals surface area (Å²) in [4.78, 5) is 24.5. The average Bonchev–Trinajstić information content (AvgIpc) is 2.28. The van der Waals surface area contributed by atoms with E-state index in [2.05, 4.69) is 0 Å². The molecule has 1 aromatic carbocycles. The summed E-state index contributed by atoms with van der Waals surface area (Å²) in [6.07, 6.45) is 2.93. The van der Waals surface area contributed by atoms with Crippen molar-refractivity contribution in [3.63, 3.8) is 0 Å². The van der Waals surface area contributed by atoms with Gasteiger partial charge in [0.1, 0.15) is 6.29 Å². The van der Waals surface area contributed by atoms with E-state index in [-0.39, 0.29) is 11.8 Å². The van der Waals surface area contributed by atoms with Crippen LogP contribution in [0.4, 0.5) is 5.69 Å². The van der Waals surface area contributed by atoms with Gasteiger partial charge in [0.15, 0.2) is 0 Å². The molecule has 16 heavy (non-hydrogen) atoms. The molecule has 0 radical (unpaired) electrons. The van der Waals surface area contributed by atoms with Gasteiger partial charge in [-0.1, -0.05) is 12.1 Å². The molecule has 4 rings (SSSR count). The number of rotatable bonds is 2. The number of fused-ring (bicyclic) bond motifs is 2. The summed E-state index contributed by atoms with van der Waals surface area (Å²) in [5.74, 6) is 1.13. The highest BCUT2D eigenvalue weighted by molar-refractivity contribution is 5.97. The number of amides is 1. The van der Waals surface area contributed by atoms with Crippen LogP contribution in [0.1, 0.15) is 23.2 Å². The van der Waals surface area contributed by atoms with Gasteiger partial charge in [-0.15, -0.1) is 0 Å². The van der Waals surface area contributed by atoms with Crippen LogP contribution in [-0.4, -0.2) is 18.7 Å². The molecule has 0 atom stereocenters. The highest BCUT2D eigenvalue weighted by atomic mass is 16.2. The largest absolute Gasteiger partial charge is 0.312 e. The maximum absolute atomic E-state index is 12.0. The normalized spacial score (nSPS) is 27.5. The molecule has 3 heteroatoms. The molecule has 3 fully saturated rings. The van der Waals surface area contributed by atoms with Gasteiger partial charge in [-0.25, -0.2) is 0 Å².